The molecule has 0 aromatic heterocycles. The van der Waals surface area contributed by atoms with Crippen molar-refractivity contribution in [3.63, 3.8) is 0 Å². The van der Waals surface area contributed by atoms with Crippen molar-refractivity contribution in [2.45, 2.75) is 64.8 Å². The Balaban J connectivity index is 1.64. The molecule has 0 aliphatic heterocycles. The molecule has 5 nitrogen and oxygen atoms in total. The van der Waals surface area contributed by atoms with E-state index >= 15 is 0 Å². The Labute approximate surface area is 174 Å². The lowest BCUT2D eigenvalue weighted by molar-refractivity contribution is -0.121. The largest absolute Gasteiger partial charge is 0.349 e. The van der Waals surface area contributed by atoms with Crippen LogP contribution in [0.25, 0.3) is 0 Å². The van der Waals surface area contributed by atoms with E-state index in [9.17, 15) is 13.2 Å². The van der Waals surface area contributed by atoms with Crippen molar-refractivity contribution in [1.82, 2.24) is 10.0 Å². The third-order valence-electron chi connectivity index (χ3n) is 6.31. The first-order valence-corrected chi connectivity index (χ1v) is 11.6. The predicted molar refractivity (Wildman–Crippen MR) is 116 cm³/mol. The first kappa shape index (κ1) is 21.5. The monoisotopic (exact) mass is 414 g/mol. The molecule has 0 saturated heterocycles. The maximum Gasteiger partial charge on any atom is 0.241 e. The van der Waals surface area contributed by atoms with E-state index in [-0.39, 0.29) is 24.9 Å². The van der Waals surface area contributed by atoms with Crippen molar-refractivity contribution in [3.8, 4) is 0 Å². The molecule has 29 heavy (non-hydrogen) atoms. The molecule has 156 valence electrons. The maximum absolute atomic E-state index is 12.9. The fraction of sp³-hybridized carbons (Fsp3) is 0.435. The van der Waals surface area contributed by atoms with Crippen LogP contribution in [0.1, 0.15) is 57.8 Å². The Morgan fingerprint density at radius 1 is 0.966 bits per heavy atom. The molecule has 2 aromatic rings. The van der Waals surface area contributed by atoms with Gasteiger partial charge in [0.2, 0.25) is 15.9 Å². The van der Waals surface area contributed by atoms with Gasteiger partial charge in [-0.15, -0.1) is 0 Å². The van der Waals surface area contributed by atoms with Gasteiger partial charge in [0.05, 0.1) is 10.9 Å². The van der Waals surface area contributed by atoms with Gasteiger partial charge in [-0.3, -0.25) is 4.79 Å². The lowest BCUT2D eigenvalue weighted by atomic mass is 9.95. The van der Waals surface area contributed by atoms with E-state index in [2.05, 4.69) is 16.1 Å². The minimum absolute atomic E-state index is 0.0159. The van der Waals surface area contributed by atoms with Gasteiger partial charge in [-0.05, 0) is 86.4 Å². The molecule has 0 radical (unpaired) electrons. The highest BCUT2D eigenvalue weighted by Crippen LogP contribution is 2.31. The fourth-order valence-electron chi connectivity index (χ4n) is 4.21. The number of aryl methyl sites for hydroxylation is 1. The summed E-state index contributed by atoms with van der Waals surface area (Å²) in [5, 5.41) is 3.04. The molecule has 1 aliphatic carbocycles. The molecule has 0 saturated carbocycles. The molecule has 1 amide bonds. The van der Waals surface area contributed by atoms with Crippen LogP contribution in [0.4, 0.5) is 0 Å². The summed E-state index contributed by atoms with van der Waals surface area (Å²) in [7, 11) is -3.68. The zero-order valence-electron chi connectivity index (χ0n) is 17.8. The highest BCUT2D eigenvalue weighted by Gasteiger charge is 2.25. The number of fused-ring (bicyclic) bond motifs is 1. The Hall–Kier alpha value is -2.18. The molecule has 6 heteroatoms. The van der Waals surface area contributed by atoms with Crippen molar-refractivity contribution < 1.29 is 13.2 Å². The predicted octanol–water partition coefficient (Wildman–Crippen LogP) is 3.70. The maximum atomic E-state index is 12.9. The number of nitrogens with one attached hydrogen (secondary N) is 2. The average molecular weight is 415 g/mol. The van der Waals surface area contributed by atoms with Crippen LogP contribution in [-0.2, 0) is 21.2 Å². The molecule has 0 fully saturated rings. The number of carbonyl (C=O) groups excluding carboxylic acids is 1. The van der Waals surface area contributed by atoms with Crippen LogP contribution >= 0.6 is 0 Å². The topological polar surface area (TPSA) is 75.3 Å². The van der Waals surface area contributed by atoms with Crippen molar-refractivity contribution >= 4 is 15.9 Å². The van der Waals surface area contributed by atoms with Gasteiger partial charge in [-0.2, -0.15) is 0 Å². The normalized spacial score (nSPS) is 16.0. The van der Waals surface area contributed by atoms with Crippen LogP contribution in [0.3, 0.4) is 0 Å². The zero-order chi connectivity index (χ0) is 21.3. The molecule has 3 rings (SSSR count). The third kappa shape index (κ3) is 4.23. The molecular weight excluding hydrogens is 384 g/mol. The minimum Gasteiger partial charge on any atom is -0.349 e. The number of rotatable bonds is 6. The van der Waals surface area contributed by atoms with E-state index in [4.69, 9.17) is 0 Å². The molecular formula is C23H30N2O3S. The van der Waals surface area contributed by atoms with E-state index in [1.165, 1.54) is 11.1 Å². The summed E-state index contributed by atoms with van der Waals surface area (Å²) in [5.74, 6) is -0.140. The molecule has 0 bridgehead atoms. The fourth-order valence-corrected chi connectivity index (χ4v) is 5.84. The SMILES string of the molecule is Cc1c(C)c(C)c(S(=O)(=O)NCCC(=O)NC2CCc3ccccc32)c(C)c1C. The highest BCUT2D eigenvalue weighted by atomic mass is 32.2. The Morgan fingerprint density at radius 3 is 2.21 bits per heavy atom. The summed E-state index contributed by atoms with van der Waals surface area (Å²) in [6, 6.07) is 8.14. The summed E-state index contributed by atoms with van der Waals surface area (Å²) >= 11 is 0. The van der Waals surface area contributed by atoms with Crippen LogP contribution in [-0.4, -0.2) is 20.9 Å². The molecule has 2 aromatic carbocycles. The van der Waals surface area contributed by atoms with Crippen molar-refractivity contribution in [2.24, 2.45) is 0 Å². The van der Waals surface area contributed by atoms with Gasteiger partial charge in [0.15, 0.2) is 0 Å². The van der Waals surface area contributed by atoms with E-state index in [0.29, 0.717) is 4.90 Å². The number of carbonyl (C=O) groups is 1. The van der Waals surface area contributed by atoms with Gasteiger partial charge in [0.25, 0.3) is 0 Å². The molecule has 1 aliphatic rings. The smallest absolute Gasteiger partial charge is 0.241 e. The van der Waals surface area contributed by atoms with Crippen LogP contribution in [0.5, 0.6) is 0 Å². The Morgan fingerprint density at radius 2 is 1.55 bits per heavy atom. The summed E-state index contributed by atoms with van der Waals surface area (Å²) in [6.07, 6.45) is 1.95. The van der Waals surface area contributed by atoms with Gasteiger partial charge in [0.1, 0.15) is 0 Å². The Bertz CT molecular complexity index is 1030. The highest BCUT2D eigenvalue weighted by molar-refractivity contribution is 7.89. The lowest BCUT2D eigenvalue weighted by Gasteiger charge is -2.19. The minimum atomic E-state index is -3.68. The van der Waals surface area contributed by atoms with Gasteiger partial charge in [0, 0.05) is 13.0 Å². The first-order valence-electron chi connectivity index (χ1n) is 10.1. The number of benzene rings is 2. The van der Waals surface area contributed by atoms with E-state index in [0.717, 1.165) is 40.7 Å². The quantitative estimate of drug-likeness (QED) is 0.757. The second kappa shape index (κ2) is 8.28. The molecule has 0 heterocycles. The van der Waals surface area contributed by atoms with Gasteiger partial charge < -0.3 is 5.32 Å². The van der Waals surface area contributed by atoms with E-state index in [1.54, 1.807) is 0 Å². The van der Waals surface area contributed by atoms with Crippen molar-refractivity contribution in [1.29, 1.82) is 0 Å². The van der Waals surface area contributed by atoms with Crippen molar-refractivity contribution in [3.05, 3.63) is 63.2 Å². The van der Waals surface area contributed by atoms with Gasteiger partial charge in [-0.1, -0.05) is 24.3 Å². The van der Waals surface area contributed by atoms with Crippen LogP contribution in [0.15, 0.2) is 29.2 Å². The molecule has 2 N–H and O–H groups in total. The average Bonchev–Trinajstić information content (AvgIpc) is 3.07. The lowest BCUT2D eigenvalue weighted by Crippen LogP contribution is -2.33. The second-order valence-electron chi connectivity index (χ2n) is 7.96. The molecule has 0 spiro atoms. The Kier molecular flexibility index (Phi) is 6.15. The molecule has 1 atom stereocenters. The number of hydrogen-bond acceptors (Lipinski definition) is 3. The summed E-state index contributed by atoms with van der Waals surface area (Å²) in [4.78, 5) is 12.7. The number of sulfonamides is 1. The second-order valence-corrected chi connectivity index (χ2v) is 9.66. The van der Waals surface area contributed by atoms with E-state index in [1.807, 2.05) is 52.8 Å². The molecule has 1 unspecified atom stereocenters. The summed E-state index contributed by atoms with van der Waals surface area (Å²) in [5.41, 5.74) is 7.08. The van der Waals surface area contributed by atoms with Gasteiger partial charge >= 0.3 is 0 Å². The van der Waals surface area contributed by atoms with Gasteiger partial charge in [-0.25, -0.2) is 13.1 Å². The van der Waals surface area contributed by atoms with E-state index < -0.39 is 10.0 Å². The standard InChI is InChI=1S/C23H30N2O3S/c1-14-15(2)17(4)23(18(5)16(14)3)29(27,28)24-13-12-22(26)25-21-11-10-19-8-6-7-9-20(19)21/h6-9,21,24H,10-13H2,1-5H3,(H,25,26). The number of hydrogen-bond donors (Lipinski definition) is 2. The number of amides is 1. The summed E-state index contributed by atoms with van der Waals surface area (Å²) in [6.45, 7) is 9.67. The van der Waals surface area contributed by atoms with Crippen LogP contribution in [0, 0.1) is 34.6 Å². The first-order chi connectivity index (χ1) is 13.6. The van der Waals surface area contributed by atoms with Crippen LogP contribution in [0.2, 0.25) is 0 Å². The zero-order valence-corrected chi connectivity index (χ0v) is 18.7. The third-order valence-corrected chi connectivity index (χ3v) is 8.05. The summed E-state index contributed by atoms with van der Waals surface area (Å²) < 4.78 is 28.5. The van der Waals surface area contributed by atoms with Crippen molar-refractivity contribution in [2.75, 3.05) is 6.54 Å². The van der Waals surface area contributed by atoms with Crippen LogP contribution < -0.4 is 10.0 Å².